The molecule has 1 saturated carbocycles. The van der Waals surface area contributed by atoms with E-state index in [1.807, 2.05) is 6.07 Å². The van der Waals surface area contributed by atoms with Crippen LogP contribution in [-0.4, -0.2) is 51.1 Å². The lowest BCUT2D eigenvalue weighted by Crippen LogP contribution is -2.25. The van der Waals surface area contributed by atoms with Crippen molar-refractivity contribution < 1.29 is 17.9 Å². The van der Waals surface area contributed by atoms with Gasteiger partial charge in [0.25, 0.3) is 10.0 Å². The van der Waals surface area contributed by atoms with Gasteiger partial charge in [-0.2, -0.15) is 0 Å². The van der Waals surface area contributed by atoms with Gasteiger partial charge >= 0.3 is 0 Å². The molecule has 1 N–H and O–H groups in total. The molecule has 0 atom stereocenters. The molecule has 1 aromatic carbocycles. The molecule has 0 bridgehead atoms. The number of anilines is 1. The van der Waals surface area contributed by atoms with E-state index >= 15 is 0 Å². The van der Waals surface area contributed by atoms with E-state index in [9.17, 15) is 8.42 Å². The summed E-state index contributed by atoms with van der Waals surface area (Å²) in [5, 5.41) is 0. The number of ether oxygens (including phenoxy) is 2. The van der Waals surface area contributed by atoms with Gasteiger partial charge in [0.15, 0.2) is 0 Å². The highest BCUT2D eigenvalue weighted by atomic mass is 32.2. The lowest BCUT2D eigenvalue weighted by Gasteiger charge is -2.16. The van der Waals surface area contributed by atoms with Crippen molar-refractivity contribution in [2.24, 2.45) is 0 Å². The number of likely N-dealkylation sites (N-methyl/N-ethyl adjacent to an activating group) is 1. The molecule has 0 radical (unpaired) electrons. The molecule has 7 nitrogen and oxygen atoms in total. The molecule has 1 aliphatic heterocycles. The minimum absolute atomic E-state index is 0.181. The van der Waals surface area contributed by atoms with Crippen LogP contribution in [0, 0.1) is 0 Å². The monoisotopic (exact) mass is 445 g/mol. The number of methoxy groups -OCH3 is 1. The summed E-state index contributed by atoms with van der Waals surface area (Å²) in [5.41, 5.74) is 2.41. The number of pyridine rings is 1. The average Bonchev–Trinajstić information content (AvgIpc) is 3.19. The van der Waals surface area contributed by atoms with Crippen LogP contribution < -0.4 is 14.2 Å². The van der Waals surface area contributed by atoms with Crippen LogP contribution in [0.2, 0.25) is 0 Å². The first-order valence-electron chi connectivity index (χ1n) is 11.1. The fraction of sp³-hybridized carbons (Fsp3) is 0.522. The van der Waals surface area contributed by atoms with Crippen molar-refractivity contribution in [1.29, 1.82) is 0 Å². The fourth-order valence-electron chi connectivity index (χ4n) is 4.31. The van der Waals surface area contributed by atoms with E-state index in [4.69, 9.17) is 9.47 Å². The maximum Gasteiger partial charge on any atom is 0.262 e. The van der Waals surface area contributed by atoms with Crippen LogP contribution in [0.15, 0.2) is 35.2 Å². The van der Waals surface area contributed by atoms with Crippen molar-refractivity contribution in [1.82, 2.24) is 9.88 Å². The third-order valence-electron chi connectivity index (χ3n) is 6.14. The van der Waals surface area contributed by atoms with Crippen LogP contribution in [0.5, 0.6) is 11.6 Å². The summed E-state index contributed by atoms with van der Waals surface area (Å²) in [6.45, 7) is 5.02. The Kier molecular flexibility index (Phi) is 6.67. The zero-order valence-corrected chi connectivity index (χ0v) is 19.1. The molecule has 0 unspecified atom stereocenters. The molecule has 8 heteroatoms. The first kappa shape index (κ1) is 21.9. The van der Waals surface area contributed by atoms with E-state index in [2.05, 4.69) is 21.5 Å². The molecule has 4 rings (SSSR count). The third-order valence-corrected chi connectivity index (χ3v) is 7.52. The van der Waals surface area contributed by atoms with Gasteiger partial charge in [-0.25, -0.2) is 13.4 Å². The lowest BCUT2D eigenvalue weighted by atomic mass is 10.1. The molecule has 2 heterocycles. The van der Waals surface area contributed by atoms with Gasteiger partial charge in [-0.3, -0.25) is 4.72 Å². The number of nitrogens with zero attached hydrogens (tertiary/aromatic N) is 2. The molecule has 1 fully saturated rings. The number of fused-ring (bicyclic) bond motifs is 1. The van der Waals surface area contributed by atoms with Gasteiger partial charge in [0.2, 0.25) is 5.88 Å². The van der Waals surface area contributed by atoms with Crippen molar-refractivity contribution in [3.8, 4) is 11.6 Å². The normalized spacial score (nSPS) is 17.7. The summed E-state index contributed by atoms with van der Waals surface area (Å²) < 4.78 is 40.1. The number of nitrogens with one attached hydrogen (secondary N) is 1. The number of rotatable bonds is 7. The Bertz CT molecular complexity index is 1000. The van der Waals surface area contributed by atoms with E-state index in [0.717, 1.165) is 56.6 Å². The highest BCUT2D eigenvalue weighted by Crippen LogP contribution is 2.30. The molecule has 2 aliphatic rings. The van der Waals surface area contributed by atoms with Crippen molar-refractivity contribution >= 4 is 15.7 Å². The van der Waals surface area contributed by atoms with E-state index in [-0.39, 0.29) is 11.0 Å². The van der Waals surface area contributed by atoms with Crippen LogP contribution in [-0.2, 0) is 22.9 Å². The van der Waals surface area contributed by atoms with Crippen LogP contribution in [0.1, 0.15) is 43.9 Å². The number of hydrogen-bond donors (Lipinski definition) is 1. The second-order valence-electron chi connectivity index (χ2n) is 8.19. The van der Waals surface area contributed by atoms with Gasteiger partial charge in [-0.05, 0) is 74.5 Å². The van der Waals surface area contributed by atoms with Gasteiger partial charge in [0.1, 0.15) is 11.4 Å². The Morgan fingerprint density at radius 3 is 2.52 bits per heavy atom. The number of hydrogen-bond acceptors (Lipinski definition) is 6. The van der Waals surface area contributed by atoms with Gasteiger partial charge in [0.05, 0.1) is 18.1 Å². The second-order valence-corrected chi connectivity index (χ2v) is 9.87. The summed E-state index contributed by atoms with van der Waals surface area (Å²) in [6.07, 6.45) is 6.39. The van der Waals surface area contributed by atoms with Crippen LogP contribution >= 0.6 is 0 Å². The molecule has 0 spiro atoms. The van der Waals surface area contributed by atoms with E-state index in [1.165, 1.54) is 20.0 Å². The van der Waals surface area contributed by atoms with E-state index in [1.54, 1.807) is 24.3 Å². The summed E-state index contributed by atoms with van der Waals surface area (Å²) >= 11 is 0. The van der Waals surface area contributed by atoms with Crippen LogP contribution in [0.25, 0.3) is 0 Å². The molecule has 1 aromatic heterocycles. The predicted octanol–water partition coefficient (Wildman–Crippen LogP) is 3.63. The Morgan fingerprint density at radius 2 is 1.84 bits per heavy atom. The minimum Gasteiger partial charge on any atom is -0.490 e. The van der Waals surface area contributed by atoms with Crippen LogP contribution in [0.3, 0.4) is 0 Å². The van der Waals surface area contributed by atoms with E-state index < -0.39 is 10.0 Å². The highest BCUT2D eigenvalue weighted by Gasteiger charge is 2.22. The SMILES string of the molecule is CCN1CCc2cc(NS(=O)(=O)c3ccc(OC4CCCC4)cc3)c(OC)nc2CC1. The minimum atomic E-state index is -3.78. The molecule has 0 saturated heterocycles. The zero-order chi connectivity index (χ0) is 21.8. The second kappa shape index (κ2) is 9.44. The van der Waals surface area contributed by atoms with Crippen molar-refractivity contribution in [3.63, 3.8) is 0 Å². The maximum absolute atomic E-state index is 13.0. The summed E-state index contributed by atoms with van der Waals surface area (Å²) in [6, 6.07) is 8.47. The van der Waals surface area contributed by atoms with Crippen molar-refractivity contribution in [3.05, 3.63) is 41.6 Å². The van der Waals surface area contributed by atoms with Gasteiger partial charge in [-0.15, -0.1) is 0 Å². The molecular weight excluding hydrogens is 414 g/mol. The quantitative estimate of drug-likeness (QED) is 0.701. The Labute approximate surface area is 184 Å². The summed E-state index contributed by atoms with van der Waals surface area (Å²) in [4.78, 5) is 7.16. The van der Waals surface area contributed by atoms with Crippen molar-refractivity contribution in [2.75, 3.05) is 31.5 Å². The predicted molar refractivity (Wildman–Crippen MR) is 120 cm³/mol. The van der Waals surface area contributed by atoms with E-state index in [0.29, 0.717) is 17.3 Å². The van der Waals surface area contributed by atoms with Crippen LogP contribution in [0.4, 0.5) is 5.69 Å². The molecule has 0 amide bonds. The third kappa shape index (κ3) is 5.13. The number of benzene rings is 1. The van der Waals surface area contributed by atoms with Gasteiger partial charge in [-0.1, -0.05) is 6.92 Å². The number of sulfonamides is 1. The van der Waals surface area contributed by atoms with Gasteiger partial charge in [0, 0.05) is 25.2 Å². The molecule has 31 heavy (non-hydrogen) atoms. The zero-order valence-electron chi connectivity index (χ0n) is 18.3. The Morgan fingerprint density at radius 1 is 1.13 bits per heavy atom. The Hall–Kier alpha value is -2.32. The maximum atomic E-state index is 13.0. The highest BCUT2D eigenvalue weighted by molar-refractivity contribution is 7.92. The first-order valence-corrected chi connectivity index (χ1v) is 12.6. The smallest absolute Gasteiger partial charge is 0.262 e. The largest absolute Gasteiger partial charge is 0.490 e. The average molecular weight is 446 g/mol. The molecule has 1 aliphatic carbocycles. The first-order chi connectivity index (χ1) is 15.0. The standard InChI is InChI=1S/C23H31N3O4S/c1-3-26-14-12-17-16-22(23(29-2)24-21(17)13-15-26)25-31(27,28)20-10-8-19(9-11-20)30-18-6-4-5-7-18/h8-11,16,18,25H,3-7,12-15H2,1-2H3. The van der Waals surface area contributed by atoms with Crippen molar-refractivity contribution in [2.45, 2.75) is 56.4 Å². The fourth-order valence-corrected chi connectivity index (χ4v) is 5.35. The summed E-state index contributed by atoms with van der Waals surface area (Å²) in [5.74, 6) is 1.00. The summed E-state index contributed by atoms with van der Waals surface area (Å²) in [7, 11) is -2.27. The lowest BCUT2D eigenvalue weighted by molar-refractivity contribution is 0.210. The molecular formula is C23H31N3O4S. The molecule has 2 aromatic rings. The molecule has 168 valence electrons. The Balaban J connectivity index is 1.53. The topological polar surface area (TPSA) is 80.8 Å². The number of aromatic nitrogens is 1. The van der Waals surface area contributed by atoms with Gasteiger partial charge < -0.3 is 14.4 Å².